The molecule has 0 bridgehead atoms. The number of piperidine rings is 2. The van der Waals surface area contributed by atoms with Crippen molar-refractivity contribution >= 4 is 45.0 Å². The Morgan fingerprint density at radius 1 is 1.03 bits per heavy atom. The van der Waals surface area contributed by atoms with Crippen LogP contribution in [0, 0.1) is 18.8 Å². The molecule has 2 aliphatic rings. The lowest BCUT2D eigenvalue weighted by Gasteiger charge is -2.36. The van der Waals surface area contributed by atoms with Crippen molar-refractivity contribution in [2.75, 3.05) is 26.2 Å². The molecule has 0 unspecified atom stereocenters. The summed E-state index contributed by atoms with van der Waals surface area (Å²) < 4.78 is 1.97. The van der Waals surface area contributed by atoms with Gasteiger partial charge in [-0.3, -0.25) is 14.3 Å². The number of hydrogen-bond acceptors (Lipinski definition) is 4. The Morgan fingerprint density at radius 2 is 1.68 bits per heavy atom. The van der Waals surface area contributed by atoms with E-state index >= 15 is 0 Å². The van der Waals surface area contributed by atoms with Gasteiger partial charge in [0.1, 0.15) is 4.83 Å². The van der Waals surface area contributed by atoms with Gasteiger partial charge in [0, 0.05) is 42.5 Å². The van der Waals surface area contributed by atoms with Gasteiger partial charge in [0.05, 0.1) is 17.1 Å². The van der Waals surface area contributed by atoms with Crippen LogP contribution in [0.15, 0.2) is 30.3 Å². The molecule has 8 heteroatoms. The number of carbonyl (C=O) groups is 2. The standard InChI is InChI=1S/C26H31ClN4O2S/c1-17-7-11-29(12-8-17)24(32)20-9-13-30(14-10-20)25(33)23-15-22-18(2)28-31(26(22)34-23)16-19-3-5-21(27)6-4-19/h3-6,15,17,20H,7-14,16H2,1-2H3. The summed E-state index contributed by atoms with van der Waals surface area (Å²) in [5.74, 6) is 1.12. The molecule has 2 fully saturated rings. The number of fused-ring (bicyclic) bond motifs is 1. The first-order valence-electron chi connectivity index (χ1n) is 12.2. The molecule has 0 atom stereocenters. The van der Waals surface area contributed by atoms with Crippen molar-refractivity contribution in [3.05, 3.63) is 51.5 Å². The quantitative estimate of drug-likeness (QED) is 0.495. The zero-order valence-corrected chi connectivity index (χ0v) is 21.4. The van der Waals surface area contributed by atoms with E-state index in [-0.39, 0.29) is 11.8 Å². The van der Waals surface area contributed by atoms with Crippen LogP contribution in [0.2, 0.25) is 5.02 Å². The highest BCUT2D eigenvalue weighted by molar-refractivity contribution is 7.20. The third kappa shape index (κ3) is 4.73. The van der Waals surface area contributed by atoms with Gasteiger partial charge in [-0.25, -0.2) is 0 Å². The molecule has 0 aliphatic carbocycles. The predicted molar refractivity (Wildman–Crippen MR) is 137 cm³/mol. The van der Waals surface area contributed by atoms with Crippen molar-refractivity contribution in [1.82, 2.24) is 19.6 Å². The zero-order valence-electron chi connectivity index (χ0n) is 19.8. The monoisotopic (exact) mass is 498 g/mol. The van der Waals surface area contributed by atoms with Gasteiger partial charge in [0.2, 0.25) is 5.91 Å². The summed E-state index contributed by atoms with van der Waals surface area (Å²) in [5.41, 5.74) is 2.05. The summed E-state index contributed by atoms with van der Waals surface area (Å²) in [6.07, 6.45) is 3.71. The van der Waals surface area contributed by atoms with E-state index in [1.165, 1.54) is 11.3 Å². The van der Waals surface area contributed by atoms with Crippen LogP contribution in [0.25, 0.3) is 10.2 Å². The zero-order chi connectivity index (χ0) is 23.8. The van der Waals surface area contributed by atoms with E-state index in [1.807, 2.05) is 51.7 Å². The van der Waals surface area contributed by atoms with Crippen molar-refractivity contribution in [1.29, 1.82) is 0 Å². The lowest BCUT2D eigenvalue weighted by Crippen LogP contribution is -2.46. The van der Waals surface area contributed by atoms with Gasteiger partial charge in [0.15, 0.2) is 0 Å². The second-order valence-corrected chi connectivity index (χ2v) is 11.2. The molecule has 34 heavy (non-hydrogen) atoms. The highest BCUT2D eigenvalue weighted by Crippen LogP contribution is 2.31. The third-order valence-electron chi connectivity index (χ3n) is 7.29. The van der Waals surface area contributed by atoms with E-state index in [9.17, 15) is 9.59 Å². The normalized spacial score (nSPS) is 18.1. The average Bonchev–Trinajstić information content (AvgIpc) is 3.41. The number of thiophene rings is 1. The molecule has 2 saturated heterocycles. The summed E-state index contributed by atoms with van der Waals surface area (Å²) in [7, 11) is 0. The van der Waals surface area contributed by atoms with E-state index < -0.39 is 0 Å². The van der Waals surface area contributed by atoms with Crippen molar-refractivity contribution < 1.29 is 9.59 Å². The van der Waals surface area contributed by atoms with Crippen LogP contribution in [0.4, 0.5) is 0 Å². The number of likely N-dealkylation sites (tertiary alicyclic amines) is 2. The fourth-order valence-corrected chi connectivity index (χ4v) is 6.32. The predicted octanol–water partition coefficient (Wildman–Crippen LogP) is 5.22. The largest absolute Gasteiger partial charge is 0.342 e. The molecule has 0 radical (unpaired) electrons. The Hall–Kier alpha value is -2.38. The molecular weight excluding hydrogens is 468 g/mol. The van der Waals surface area contributed by atoms with Gasteiger partial charge in [-0.05, 0) is 62.3 Å². The van der Waals surface area contributed by atoms with Gasteiger partial charge in [-0.2, -0.15) is 5.10 Å². The minimum atomic E-state index is 0.0510. The van der Waals surface area contributed by atoms with Crippen LogP contribution < -0.4 is 0 Å². The third-order valence-corrected chi connectivity index (χ3v) is 8.68. The molecule has 4 heterocycles. The van der Waals surface area contributed by atoms with Crippen LogP contribution in [-0.4, -0.2) is 57.6 Å². The second-order valence-electron chi connectivity index (χ2n) is 9.77. The van der Waals surface area contributed by atoms with Crippen molar-refractivity contribution in [3.8, 4) is 0 Å². The second kappa shape index (κ2) is 9.70. The van der Waals surface area contributed by atoms with Crippen LogP contribution in [-0.2, 0) is 11.3 Å². The Balaban J connectivity index is 1.24. The summed E-state index contributed by atoms with van der Waals surface area (Å²) in [6, 6.07) is 9.75. The maximum absolute atomic E-state index is 13.3. The van der Waals surface area contributed by atoms with Crippen LogP contribution >= 0.6 is 22.9 Å². The number of hydrogen-bond donors (Lipinski definition) is 0. The number of benzene rings is 1. The van der Waals surface area contributed by atoms with Gasteiger partial charge in [0.25, 0.3) is 5.91 Å². The van der Waals surface area contributed by atoms with E-state index in [0.717, 1.165) is 65.1 Å². The summed E-state index contributed by atoms with van der Waals surface area (Å²) in [5, 5.41) is 6.43. The maximum Gasteiger partial charge on any atom is 0.264 e. The fourth-order valence-electron chi connectivity index (χ4n) is 5.06. The van der Waals surface area contributed by atoms with Crippen LogP contribution in [0.5, 0.6) is 0 Å². The lowest BCUT2D eigenvalue weighted by molar-refractivity contribution is -0.138. The molecular formula is C26H31ClN4O2S. The van der Waals surface area contributed by atoms with E-state index in [0.29, 0.717) is 36.5 Å². The summed E-state index contributed by atoms with van der Waals surface area (Å²) >= 11 is 7.52. The molecule has 1 aromatic carbocycles. The Kier molecular flexibility index (Phi) is 6.67. The number of aromatic nitrogens is 2. The van der Waals surface area contributed by atoms with Gasteiger partial charge >= 0.3 is 0 Å². The summed E-state index contributed by atoms with van der Waals surface area (Å²) in [4.78, 5) is 32.0. The molecule has 2 amide bonds. The smallest absolute Gasteiger partial charge is 0.264 e. The maximum atomic E-state index is 13.3. The Labute approximate surface area is 209 Å². The van der Waals surface area contributed by atoms with Crippen molar-refractivity contribution in [2.24, 2.45) is 11.8 Å². The molecule has 180 valence electrons. The van der Waals surface area contributed by atoms with Gasteiger partial charge < -0.3 is 9.80 Å². The topological polar surface area (TPSA) is 58.4 Å². The number of nitrogens with zero attached hydrogens (tertiary/aromatic N) is 4. The molecule has 0 saturated carbocycles. The SMILES string of the molecule is Cc1nn(Cc2ccc(Cl)cc2)c2sc(C(=O)N3CCC(C(=O)N4CCC(C)CC4)CC3)cc12. The average molecular weight is 499 g/mol. The van der Waals surface area contributed by atoms with E-state index in [1.54, 1.807) is 0 Å². The number of carbonyl (C=O) groups excluding carboxylic acids is 2. The first kappa shape index (κ1) is 23.4. The first-order valence-corrected chi connectivity index (χ1v) is 13.4. The van der Waals surface area contributed by atoms with Gasteiger partial charge in [-0.1, -0.05) is 30.7 Å². The molecule has 5 rings (SSSR count). The number of aryl methyl sites for hydroxylation is 1. The molecule has 2 aromatic heterocycles. The van der Waals surface area contributed by atoms with Crippen molar-refractivity contribution in [2.45, 2.75) is 46.1 Å². The van der Waals surface area contributed by atoms with Gasteiger partial charge in [-0.15, -0.1) is 11.3 Å². The van der Waals surface area contributed by atoms with E-state index in [4.69, 9.17) is 11.6 Å². The Bertz CT molecular complexity index is 1190. The molecule has 0 N–H and O–H groups in total. The minimum absolute atomic E-state index is 0.0510. The highest BCUT2D eigenvalue weighted by atomic mass is 35.5. The molecule has 0 spiro atoms. The van der Waals surface area contributed by atoms with E-state index in [2.05, 4.69) is 12.0 Å². The molecule has 3 aromatic rings. The van der Waals surface area contributed by atoms with Crippen molar-refractivity contribution in [3.63, 3.8) is 0 Å². The fraction of sp³-hybridized carbons (Fsp3) is 0.500. The number of amides is 2. The minimum Gasteiger partial charge on any atom is -0.342 e. The van der Waals surface area contributed by atoms with Crippen LogP contribution in [0.1, 0.15) is 53.5 Å². The first-order chi connectivity index (χ1) is 16.4. The van der Waals surface area contributed by atoms with Crippen LogP contribution in [0.3, 0.4) is 0 Å². The highest BCUT2D eigenvalue weighted by Gasteiger charge is 2.32. The molecule has 2 aliphatic heterocycles. The lowest BCUT2D eigenvalue weighted by atomic mass is 9.92. The summed E-state index contributed by atoms with van der Waals surface area (Å²) in [6.45, 7) is 7.93. The number of rotatable bonds is 4. The number of halogens is 1. The Morgan fingerprint density at radius 3 is 2.35 bits per heavy atom. The molecule has 6 nitrogen and oxygen atoms in total.